The first kappa shape index (κ1) is 24.4. The van der Waals surface area contributed by atoms with Gasteiger partial charge in [0.05, 0.1) is 25.4 Å². The average molecular weight is 481 g/mol. The van der Waals surface area contributed by atoms with Gasteiger partial charge < -0.3 is 24.1 Å². The minimum absolute atomic E-state index is 0.137. The van der Waals surface area contributed by atoms with E-state index in [9.17, 15) is 9.90 Å². The summed E-state index contributed by atoms with van der Waals surface area (Å²) in [4.78, 5) is 12.7. The topological polar surface area (TPSA) is 74.2 Å². The van der Waals surface area contributed by atoms with Gasteiger partial charge in [0.1, 0.15) is 23.7 Å². The maximum Gasteiger partial charge on any atom is 0.338 e. The molecule has 7 heteroatoms. The summed E-state index contributed by atoms with van der Waals surface area (Å²) in [6, 6.07) is 28.0. The Morgan fingerprint density at radius 3 is 2.00 bits per heavy atom. The summed E-state index contributed by atoms with van der Waals surface area (Å²) in [7, 11) is 0. The lowest BCUT2D eigenvalue weighted by Gasteiger charge is -2.42. The molecule has 0 radical (unpaired) electrons. The quantitative estimate of drug-likeness (QED) is 0.356. The monoisotopic (exact) mass is 480 g/mol. The second-order valence-corrected chi connectivity index (χ2v) is 8.56. The Balaban J connectivity index is 1.45. The van der Waals surface area contributed by atoms with Gasteiger partial charge in [-0.3, -0.25) is 0 Å². The lowest BCUT2D eigenvalue weighted by Crippen LogP contribution is -2.59. The fourth-order valence-electron chi connectivity index (χ4n) is 3.76. The number of hydrogen-bond donors (Lipinski definition) is 2. The molecule has 178 valence electrons. The summed E-state index contributed by atoms with van der Waals surface area (Å²) in [5.41, 5.74) is 1.54. The van der Waals surface area contributed by atoms with Crippen molar-refractivity contribution in [3.63, 3.8) is 0 Å². The van der Waals surface area contributed by atoms with Crippen molar-refractivity contribution in [3.8, 4) is 0 Å². The van der Waals surface area contributed by atoms with Gasteiger partial charge in [0.25, 0.3) is 0 Å². The first-order valence-corrected chi connectivity index (χ1v) is 11.7. The van der Waals surface area contributed by atoms with Crippen molar-refractivity contribution >= 4 is 18.6 Å². The summed E-state index contributed by atoms with van der Waals surface area (Å²) in [6.07, 6.45) is -3.55. The molecule has 0 spiro atoms. The zero-order chi connectivity index (χ0) is 23.8. The van der Waals surface area contributed by atoms with Gasteiger partial charge in [0, 0.05) is 0 Å². The van der Waals surface area contributed by atoms with E-state index in [1.165, 1.54) is 0 Å². The molecule has 1 saturated heterocycles. The number of esters is 1. The maximum absolute atomic E-state index is 12.7. The van der Waals surface area contributed by atoms with Gasteiger partial charge in [-0.25, -0.2) is 4.79 Å². The van der Waals surface area contributed by atoms with E-state index in [4.69, 9.17) is 18.9 Å². The van der Waals surface area contributed by atoms with Gasteiger partial charge in [-0.1, -0.05) is 78.9 Å². The van der Waals surface area contributed by atoms with Gasteiger partial charge in [0.2, 0.25) is 0 Å². The highest BCUT2D eigenvalue weighted by Crippen LogP contribution is 2.30. The van der Waals surface area contributed by atoms with Crippen molar-refractivity contribution in [1.82, 2.24) is 0 Å². The summed E-state index contributed by atoms with van der Waals surface area (Å²) in [5, 5.41) is 11.1. The van der Waals surface area contributed by atoms with Crippen molar-refractivity contribution in [1.29, 1.82) is 0 Å². The lowest BCUT2D eigenvalue weighted by atomic mass is 9.99. The Labute approximate surface area is 204 Å². The van der Waals surface area contributed by atoms with Crippen LogP contribution in [-0.4, -0.2) is 47.5 Å². The van der Waals surface area contributed by atoms with Crippen molar-refractivity contribution in [2.75, 3.05) is 6.61 Å². The van der Waals surface area contributed by atoms with Crippen LogP contribution in [0.2, 0.25) is 0 Å². The predicted molar refractivity (Wildman–Crippen MR) is 130 cm³/mol. The molecular weight excluding hydrogens is 452 g/mol. The van der Waals surface area contributed by atoms with Crippen LogP contribution >= 0.6 is 12.6 Å². The number of carbonyl (C=O) groups is 1. The summed E-state index contributed by atoms with van der Waals surface area (Å²) in [5.74, 6) is -0.535. The Kier molecular flexibility index (Phi) is 8.73. The SMILES string of the molecule is O=C(O[C@@H]1[C@@H](OCc2ccccc2)[C@H](O)[C@@H](COCc2ccccc2)O[C@H]1S)c1ccccc1. The van der Waals surface area contributed by atoms with Crippen LogP contribution in [0.15, 0.2) is 91.0 Å². The van der Waals surface area contributed by atoms with Crippen molar-refractivity contribution in [2.24, 2.45) is 0 Å². The molecule has 3 aromatic carbocycles. The van der Waals surface area contributed by atoms with Crippen LogP contribution in [0.4, 0.5) is 0 Å². The molecule has 0 aromatic heterocycles. The van der Waals surface area contributed by atoms with Crippen LogP contribution in [0.3, 0.4) is 0 Å². The van der Waals surface area contributed by atoms with E-state index < -0.39 is 35.8 Å². The molecular formula is C27H28O6S. The van der Waals surface area contributed by atoms with Gasteiger partial charge in [0.15, 0.2) is 6.10 Å². The molecule has 6 nitrogen and oxygen atoms in total. The summed E-state index contributed by atoms with van der Waals surface area (Å²) in [6.45, 7) is 0.754. The van der Waals surface area contributed by atoms with Gasteiger partial charge in [-0.05, 0) is 23.3 Å². The fourth-order valence-corrected chi connectivity index (χ4v) is 4.15. The van der Waals surface area contributed by atoms with E-state index >= 15 is 0 Å². The van der Waals surface area contributed by atoms with Crippen LogP contribution in [0.5, 0.6) is 0 Å². The lowest BCUT2D eigenvalue weighted by molar-refractivity contribution is -0.226. The summed E-state index contributed by atoms with van der Waals surface area (Å²) < 4.78 is 23.5. The molecule has 1 heterocycles. The number of aliphatic hydroxyl groups is 1. The Hall–Kier alpha value is -2.68. The molecule has 0 aliphatic carbocycles. The molecule has 5 atom stereocenters. The van der Waals surface area contributed by atoms with E-state index in [1.54, 1.807) is 24.3 Å². The Morgan fingerprint density at radius 1 is 0.824 bits per heavy atom. The number of ether oxygens (including phenoxy) is 4. The maximum atomic E-state index is 12.7. The highest BCUT2D eigenvalue weighted by atomic mass is 32.1. The minimum Gasteiger partial charge on any atom is -0.452 e. The van der Waals surface area contributed by atoms with Crippen LogP contribution in [0, 0.1) is 0 Å². The molecule has 4 rings (SSSR count). The number of aliphatic hydroxyl groups excluding tert-OH is 1. The number of rotatable bonds is 9. The molecule has 0 unspecified atom stereocenters. The molecule has 3 aromatic rings. The number of hydrogen-bond acceptors (Lipinski definition) is 7. The standard InChI is InChI=1S/C27H28O6S/c28-23-22(18-30-16-19-10-4-1-5-11-19)32-27(34)25(33-26(29)21-14-8-3-9-15-21)24(23)31-17-20-12-6-2-7-13-20/h1-15,22-25,27-28,34H,16-18H2/t22-,23-,24+,25-,27+/m1/s1. The zero-order valence-corrected chi connectivity index (χ0v) is 19.5. The van der Waals surface area contributed by atoms with E-state index in [1.807, 2.05) is 66.7 Å². The van der Waals surface area contributed by atoms with Crippen LogP contribution in [0.25, 0.3) is 0 Å². The van der Waals surface area contributed by atoms with Gasteiger partial charge in [-0.2, -0.15) is 0 Å². The molecule has 34 heavy (non-hydrogen) atoms. The zero-order valence-electron chi connectivity index (χ0n) is 18.6. The molecule has 0 amide bonds. The third kappa shape index (κ3) is 6.46. The fraction of sp³-hybridized carbons (Fsp3) is 0.296. The van der Waals surface area contributed by atoms with Crippen LogP contribution in [-0.2, 0) is 32.2 Å². The molecule has 1 aliphatic heterocycles. The van der Waals surface area contributed by atoms with E-state index in [-0.39, 0.29) is 13.2 Å². The van der Waals surface area contributed by atoms with E-state index in [0.717, 1.165) is 11.1 Å². The van der Waals surface area contributed by atoms with Crippen molar-refractivity contribution < 1.29 is 28.8 Å². The Bertz CT molecular complexity index is 1020. The largest absolute Gasteiger partial charge is 0.452 e. The first-order chi connectivity index (χ1) is 16.6. The molecule has 1 aliphatic rings. The molecule has 1 fully saturated rings. The van der Waals surface area contributed by atoms with Crippen molar-refractivity contribution in [3.05, 3.63) is 108 Å². The highest BCUT2D eigenvalue weighted by molar-refractivity contribution is 7.80. The van der Waals surface area contributed by atoms with Crippen LogP contribution in [0.1, 0.15) is 21.5 Å². The molecule has 1 N–H and O–H groups in total. The summed E-state index contributed by atoms with van der Waals surface area (Å²) >= 11 is 4.53. The van der Waals surface area contributed by atoms with Gasteiger partial charge >= 0.3 is 5.97 Å². The minimum atomic E-state index is -1.09. The second-order valence-electron chi connectivity index (χ2n) is 8.05. The smallest absolute Gasteiger partial charge is 0.338 e. The highest BCUT2D eigenvalue weighted by Gasteiger charge is 2.47. The van der Waals surface area contributed by atoms with E-state index in [0.29, 0.717) is 12.2 Å². The number of carbonyl (C=O) groups excluding carboxylic acids is 1. The van der Waals surface area contributed by atoms with Crippen molar-refractivity contribution in [2.45, 2.75) is 43.1 Å². The number of thiol groups is 1. The first-order valence-electron chi connectivity index (χ1n) is 11.2. The van der Waals surface area contributed by atoms with Gasteiger partial charge in [-0.15, -0.1) is 12.6 Å². The molecule has 0 bridgehead atoms. The van der Waals surface area contributed by atoms with Crippen LogP contribution < -0.4 is 0 Å². The Morgan fingerprint density at radius 2 is 1.38 bits per heavy atom. The third-order valence-corrected chi connectivity index (χ3v) is 5.98. The second kappa shape index (κ2) is 12.1. The predicted octanol–water partition coefficient (Wildman–Crippen LogP) is 4.03. The number of benzene rings is 3. The molecule has 0 saturated carbocycles. The third-order valence-electron chi connectivity index (χ3n) is 5.57. The van der Waals surface area contributed by atoms with E-state index in [2.05, 4.69) is 12.6 Å². The normalized spacial score (nSPS) is 24.5. The average Bonchev–Trinajstić information content (AvgIpc) is 2.88.